The smallest absolute Gasteiger partial charge is 0.326 e. The van der Waals surface area contributed by atoms with Gasteiger partial charge >= 0.3 is 5.97 Å². The van der Waals surface area contributed by atoms with Gasteiger partial charge in [0.2, 0.25) is 5.91 Å². The Bertz CT molecular complexity index is 633. The first-order chi connectivity index (χ1) is 10.9. The molecule has 1 heterocycles. The molecular weight excluding hydrogens is 296 g/mol. The Labute approximate surface area is 134 Å². The molecule has 1 aliphatic rings. The van der Waals surface area contributed by atoms with E-state index in [1.807, 2.05) is 6.92 Å². The third-order valence-corrected chi connectivity index (χ3v) is 4.14. The predicted molar refractivity (Wildman–Crippen MR) is 85.5 cm³/mol. The summed E-state index contributed by atoms with van der Waals surface area (Å²) in [6.07, 6.45) is 0.623. The third kappa shape index (κ3) is 3.26. The van der Waals surface area contributed by atoms with Gasteiger partial charge in [-0.2, -0.15) is 0 Å². The Balaban J connectivity index is 2.08. The number of hydrogen-bond donors (Lipinski definition) is 2. The van der Waals surface area contributed by atoms with Crippen molar-refractivity contribution < 1.29 is 19.5 Å². The largest absolute Gasteiger partial charge is 0.480 e. The Kier molecular flexibility index (Phi) is 4.83. The molecule has 0 aromatic heterocycles. The van der Waals surface area contributed by atoms with Gasteiger partial charge in [0.05, 0.1) is 0 Å². The van der Waals surface area contributed by atoms with Crippen molar-refractivity contribution in [3.63, 3.8) is 0 Å². The molecule has 0 aliphatic carbocycles. The topological polar surface area (TPSA) is 86.7 Å². The van der Waals surface area contributed by atoms with Crippen LogP contribution in [0.4, 0.5) is 0 Å². The van der Waals surface area contributed by atoms with Crippen molar-refractivity contribution >= 4 is 23.5 Å². The van der Waals surface area contributed by atoms with E-state index in [4.69, 9.17) is 0 Å². The molecule has 0 fully saturated rings. The number of carbonyl (C=O) groups is 3. The number of rotatable bonds is 6. The van der Waals surface area contributed by atoms with Crippen LogP contribution in [-0.4, -0.2) is 40.4 Å². The number of carbonyl (C=O) groups excluding carboxylic acids is 2. The van der Waals surface area contributed by atoms with Gasteiger partial charge in [-0.05, 0) is 12.0 Å². The van der Waals surface area contributed by atoms with E-state index in [-0.39, 0.29) is 18.4 Å². The summed E-state index contributed by atoms with van der Waals surface area (Å²) in [5.74, 6) is -2.09. The van der Waals surface area contributed by atoms with Crippen LogP contribution >= 0.6 is 0 Å². The van der Waals surface area contributed by atoms with Gasteiger partial charge in [0.15, 0.2) is 0 Å². The molecule has 2 amide bonds. The molecule has 2 atom stereocenters. The lowest BCUT2D eigenvalue weighted by atomic mass is 9.99. The van der Waals surface area contributed by atoms with Gasteiger partial charge in [0.25, 0.3) is 5.91 Å². The van der Waals surface area contributed by atoms with Gasteiger partial charge < -0.3 is 10.4 Å². The lowest BCUT2D eigenvalue weighted by molar-refractivity contribution is -0.143. The minimum absolute atomic E-state index is 0.203. The summed E-state index contributed by atoms with van der Waals surface area (Å²) in [5, 5.41) is 11.7. The van der Waals surface area contributed by atoms with Crippen molar-refractivity contribution in [2.75, 3.05) is 6.54 Å². The molecular formula is C17H20N2O4. The standard InChI is InChI=1S/C17H20N2O4/c1-4-10(2)15(17(22)23)18-14(20)9-19-11(3)12-7-5-6-8-13(12)16(19)21/h5-8,10,15H,3-4,9H2,1-2H3,(H,18,20)(H,22,23). The molecule has 23 heavy (non-hydrogen) atoms. The first kappa shape index (κ1) is 16.7. The van der Waals surface area contributed by atoms with E-state index in [9.17, 15) is 19.5 Å². The second-order valence-corrected chi connectivity index (χ2v) is 5.65. The maximum absolute atomic E-state index is 12.3. The molecule has 6 heteroatoms. The fraction of sp³-hybridized carbons (Fsp3) is 0.353. The molecule has 122 valence electrons. The van der Waals surface area contributed by atoms with Gasteiger partial charge in [-0.3, -0.25) is 14.5 Å². The number of benzene rings is 1. The number of hydrogen-bond acceptors (Lipinski definition) is 3. The molecule has 0 bridgehead atoms. The normalized spacial score (nSPS) is 16.0. The minimum atomic E-state index is -1.08. The van der Waals surface area contributed by atoms with E-state index in [2.05, 4.69) is 11.9 Å². The summed E-state index contributed by atoms with van der Waals surface area (Å²) in [7, 11) is 0. The van der Waals surface area contributed by atoms with Crippen LogP contribution in [0.1, 0.15) is 36.2 Å². The number of nitrogens with one attached hydrogen (secondary N) is 1. The van der Waals surface area contributed by atoms with Crippen molar-refractivity contribution in [2.45, 2.75) is 26.3 Å². The molecule has 2 unspecified atom stereocenters. The van der Waals surface area contributed by atoms with Crippen LogP contribution in [0.15, 0.2) is 30.8 Å². The van der Waals surface area contributed by atoms with E-state index in [0.717, 1.165) is 0 Å². The van der Waals surface area contributed by atoms with Crippen LogP contribution in [0.2, 0.25) is 0 Å². The highest BCUT2D eigenvalue weighted by atomic mass is 16.4. The summed E-state index contributed by atoms with van der Waals surface area (Å²) in [6.45, 7) is 7.23. The van der Waals surface area contributed by atoms with Crippen molar-refractivity contribution in [3.05, 3.63) is 42.0 Å². The zero-order chi connectivity index (χ0) is 17.1. The Morgan fingerprint density at radius 3 is 2.43 bits per heavy atom. The van der Waals surface area contributed by atoms with Crippen LogP contribution in [0.25, 0.3) is 5.70 Å². The first-order valence-corrected chi connectivity index (χ1v) is 7.49. The third-order valence-electron chi connectivity index (χ3n) is 4.14. The maximum atomic E-state index is 12.3. The van der Waals surface area contributed by atoms with E-state index in [1.54, 1.807) is 31.2 Å². The summed E-state index contributed by atoms with van der Waals surface area (Å²) in [6, 6.07) is 6.02. The molecule has 0 radical (unpaired) electrons. The number of carboxylic acid groups (broad SMARTS) is 1. The average Bonchev–Trinajstić information content (AvgIpc) is 2.77. The molecule has 0 spiro atoms. The van der Waals surface area contributed by atoms with Crippen molar-refractivity contribution in [3.8, 4) is 0 Å². The highest BCUT2D eigenvalue weighted by Gasteiger charge is 2.33. The average molecular weight is 316 g/mol. The van der Waals surface area contributed by atoms with Crippen LogP contribution in [0.3, 0.4) is 0 Å². The van der Waals surface area contributed by atoms with E-state index in [0.29, 0.717) is 23.2 Å². The van der Waals surface area contributed by atoms with E-state index >= 15 is 0 Å². The quantitative estimate of drug-likeness (QED) is 0.837. The second-order valence-electron chi connectivity index (χ2n) is 5.65. The molecule has 6 nitrogen and oxygen atoms in total. The van der Waals surface area contributed by atoms with Gasteiger partial charge in [0, 0.05) is 16.8 Å². The van der Waals surface area contributed by atoms with Crippen molar-refractivity contribution in [1.82, 2.24) is 10.2 Å². The summed E-state index contributed by atoms with van der Waals surface area (Å²) in [5.41, 5.74) is 1.65. The minimum Gasteiger partial charge on any atom is -0.480 e. The van der Waals surface area contributed by atoms with E-state index < -0.39 is 17.9 Å². The highest BCUT2D eigenvalue weighted by molar-refractivity contribution is 6.10. The summed E-state index contributed by atoms with van der Waals surface area (Å²) >= 11 is 0. The van der Waals surface area contributed by atoms with Crippen LogP contribution in [0, 0.1) is 5.92 Å². The van der Waals surface area contributed by atoms with Crippen LogP contribution in [-0.2, 0) is 9.59 Å². The monoisotopic (exact) mass is 316 g/mol. The zero-order valence-electron chi connectivity index (χ0n) is 13.2. The van der Waals surface area contributed by atoms with Gasteiger partial charge in [0.1, 0.15) is 12.6 Å². The number of nitrogens with zero attached hydrogens (tertiary/aromatic N) is 1. The van der Waals surface area contributed by atoms with Crippen LogP contribution in [0.5, 0.6) is 0 Å². The molecule has 0 saturated heterocycles. The number of aliphatic carboxylic acids is 1. The molecule has 1 aliphatic heterocycles. The predicted octanol–water partition coefficient (Wildman–Crippen LogP) is 1.73. The fourth-order valence-corrected chi connectivity index (χ4v) is 2.55. The highest BCUT2D eigenvalue weighted by Crippen LogP contribution is 2.30. The number of carboxylic acids is 1. The number of fused-ring (bicyclic) bond motifs is 1. The Morgan fingerprint density at radius 2 is 1.91 bits per heavy atom. The number of amides is 2. The van der Waals surface area contributed by atoms with Gasteiger partial charge in [-0.15, -0.1) is 0 Å². The molecule has 2 N–H and O–H groups in total. The van der Waals surface area contributed by atoms with Crippen molar-refractivity contribution in [2.24, 2.45) is 5.92 Å². The molecule has 2 rings (SSSR count). The first-order valence-electron chi connectivity index (χ1n) is 7.49. The van der Waals surface area contributed by atoms with E-state index in [1.165, 1.54) is 4.90 Å². The lowest BCUT2D eigenvalue weighted by Crippen LogP contribution is -2.48. The summed E-state index contributed by atoms with van der Waals surface area (Å²) < 4.78 is 0. The molecule has 0 saturated carbocycles. The summed E-state index contributed by atoms with van der Waals surface area (Å²) in [4.78, 5) is 37.0. The second kappa shape index (κ2) is 6.64. The van der Waals surface area contributed by atoms with Crippen molar-refractivity contribution in [1.29, 1.82) is 0 Å². The molecule has 1 aromatic carbocycles. The fourth-order valence-electron chi connectivity index (χ4n) is 2.55. The SMILES string of the molecule is C=C1c2ccccc2C(=O)N1CC(=O)NC(C(=O)O)C(C)CC. The van der Waals surface area contributed by atoms with Gasteiger partial charge in [-0.25, -0.2) is 4.79 Å². The van der Waals surface area contributed by atoms with Gasteiger partial charge in [-0.1, -0.05) is 45.0 Å². The lowest BCUT2D eigenvalue weighted by Gasteiger charge is -2.22. The zero-order valence-corrected chi connectivity index (χ0v) is 13.2. The Hall–Kier alpha value is -2.63. The maximum Gasteiger partial charge on any atom is 0.326 e. The van der Waals surface area contributed by atoms with Crippen LogP contribution < -0.4 is 5.32 Å². The Morgan fingerprint density at radius 1 is 1.30 bits per heavy atom. The molecule has 1 aromatic rings.